The van der Waals surface area contributed by atoms with Crippen molar-refractivity contribution in [2.75, 3.05) is 6.54 Å². The Hall–Kier alpha value is -1.27. The van der Waals surface area contributed by atoms with Crippen LogP contribution in [0.1, 0.15) is 35.8 Å². The van der Waals surface area contributed by atoms with E-state index in [1.165, 1.54) is 0 Å². The van der Waals surface area contributed by atoms with E-state index in [2.05, 4.69) is 38.0 Å². The second-order valence-electron chi connectivity index (χ2n) is 3.99. The van der Waals surface area contributed by atoms with Crippen molar-refractivity contribution in [3.05, 3.63) is 28.0 Å². The zero-order valence-electron chi connectivity index (χ0n) is 10.1. The van der Waals surface area contributed by atoms with Crippen molar-refractivity contribution >= 4 is 11.3 Å². The number of aryl methyl sites for hydroxylation is 1. The summed E-state index contributed by atoms with van der Waals surface area (Å²) in [5.74, 6) is 0. The highest BCUT2D eigenvalue weighted by molar-refractivity contribution is 7.09. The van der Waals surface area contributed by atoms with Crippen molar-refractivity contribution in [1.29, 1.82) is 0 Å². The lowest BCUT2D eigenvalue weighted by atomic mass is 10.1. The maximum atomic E-state index is 4.49. The number of H-pyrrole nitrogens is 1. The molecule has 0 saturated heterocycles. The predicted octanol–water partition coefficient (Wildman–Crippen LogP) is 1.85. The van der Waals surface area contributed by atoms with Crippen LogP contribution in [0.15, 0.2) is 11.6 Å². The van der Waals surface area contributed by atoms with Gasteiger partial charge >= 0.3 is 0 Å². The molecule has 2 rings (SSSR count). The molecule has 5 nitrogen and oxygen atoms in total. The van der Waals surface area contributed by atoms with E-state index in [1.54, 1.807) is 17.5 Å². The van der Waals surface area contributed by atoms with Crippen LogP contribution in [-0.4, -0.2) is 26.9 Å². The Labute approximate surface area is 105 Å². The van der Waals surface area contributed by atoms with Gasteiger partial charge in [0.15, 0.2) is 0 Å². The minimum Gasteiger partial charge on any atom is -0.308 e. The summed E-state index contributed by atoms with van der Waals surface area (Å²) in [4.78, 5) is 4.49. The molecule has 0 spiro atoms. The number of rotatable bonds is 6. The molecule has 1 atom stereocenters. The molecule has 0 aliphatic carbocycles. The van der Waals surface area contributed by atoms with Crippen LogP contribution < -0.4 is 5.32 Å². The average Bonchev–Trinajstić information content (AvgIpc) is 2.95. The van der Waals surface area contributed by atoms with E-state index in [1.807, 2.05) is 6.92 Å². The molecule has 1 unspecified atom stereocenters. The largest absolute Gasteiger partial charge is 0.308 e. The molecule has 0 aliphatic rings. The second-order valence-corrected chi connectivity index (χ2v) is 4.93. The highest BCUT2D eigenvalue weighted by Gasteiger charge is 2.15. The minimum absolute atomic E-state index is 0.194. The quantitative estimate of drug-likeness (QED) is 0.822. The molecule has 2 heterocycles. The molecule has 0 radical (unpaired) electrons. The van der Waals surface area contributed by atoms with Crippen LogP contribution in [0.5, 0.6) is 0 Å². The lowest BCUT2D eigenvalue weighted by Gasteiger charge is -2.14. The van der Waals surface area contributed by atoms with Gasteiger partial charge in [-0.25, -0.2) is 4.98 Å². The summed E-state index contributed by atoms with van der Waals surface area (Å²) < 4.78 is 0. The van der Waals surface area contributed by atoms with Crippen molar-refractivity contribution in [2.45, 2.75) is 32.7 Å². The Morgan fingerprint density at radius 1 is 1.53 bits per heavy atom. The van der Waals surface area contributed by atoms with E-state index in [4.69, 9.17) is 0 Å². The van der Waals surface area contributed by atoms with Crippen molar-refractivity contribution in [3.63, 3.8) is 0 Å². The first kappa shape index (κ1) is 12.2. The van der Waals surface area contributed by atoms with Gasteiger partial charge in [0.2, 0.25) is 0 Å². The zero-order chi connectivity index (χ0) is 12.1. The van der Waals surface area contributed by atoms with Gasteiger partial charge in [-0.15, -0.1) is 11.3 Å². The summed E-state index contributed by atoms with van der Waals surface area (Å²) in [6.07, 6.45) is 3.74. The first-order valence-corrected chi connectivity index (χ1v) is 6.67. The van der Waals surface area contributed by atoms with Crippen LogP contribution in [0.4, 0.5) is 0 Å². The van der Waals surface area contributed by atoms with Gasteiger partial charge in [-0.2, -0.15) is 15.4 Å². The summed E-state index contributed by atoms with van der Waals surface area (Å²) in [6, 6.07) is 0.194. The lowest BCUT2D eigenvalue weighted by Crippen LogP contribution is -2.24. The molecule has 2 N–H and O–H groups in total. The molecular weight excluding hydrogens is 234 g/mol. The fourth-order valence-corrected chi connectivity index (χ4v) is 2.47. The Bertz CT molecular complexity index is 436. The molecule has 2 aromatic rings. The van der Waals surface area contributed by atoms with Gasteiger partial charge in [0.05, 0.1) is 22.9 Å². The third-order valence-corrected chi connectivity index (χ3v) is 3.47. The predicted molar refractivity (Wildman–Crippen MR) is 68.0 cm³/mol. The Kier molecular flexibility index (Phi) is 4.22. The number of hydrogen-bond acceptors (Lipinski definition) is 5. The SMILES string of the molecule is CCCNC(Cc1nc(C)cs1)c1cn[nH]n1. The fourth-order valence-electron chi connectivity index (χ4n) is 1.65. The molecule has 0 bridgehead atoms. The topological polar surface area (TPSA) is 66.5 Å². The average molecular weight is 251 g/mol. The summed E-state index contributed by atoms with van der Waals surface area (Å²) in [7, 11) is 0. The van der Waals surface area contributed by atoms with Gasteiger partial charge in [-0.3, -0.25) is 0 Å². The Balaban J connectivity index is 2.05. The first-order valence-electron chi connectivity index (χ1n) is 5.79. The van der Waals surface area contributed by atoms with Crippen LogP contribution in [0.3, 0.4) is 0 Å². The maximum Gasteiger partial charge on any atom is 0.0998 e. The molecule has 17 heavy (non-hydrogen) atoms. The zero-order valence-corrected chi connectivity index (χ0v) is 10.9. The molecular formula is C11H17N5S. The smallest absolute Gasteiger partial charge is 0.0998 e. The van der Waals surface area contributed by atoms with Crippen LogP contribution in [0.2, 0.25) is 0 Å². The van der Waals surface area contributed by atoms with Gasteiger partial charge in [0.25, 0.3) is 0 Å². The van der Waals surface area contributed by atoms with Crippen LogP contribution in [0.25, 0.3) is 0 Å². The summed E-state index contributed by atoms with van der Waals surface area (Å²) >= 11 is 1.70. The molecule has 0 aromatic carbocycles. The third kappa shape index (κ3) is 3.34. The molecule has 6 heteroatoms. The van der Waals surface area contributed by atoms with E-state index in [-0.39, 0.29) is 6.04 Å². The highest BCUT2D eigenvalue weighted by atomic mass is 32.1. The Morgan fingerprint density at radius 3 is 3.00 bits per heavy atom. The second kappa shape index (κ2) is 5.88. The van der Waals surface area contributed by atoms with E-state index in [0.29, 0.717) is 0 Å². The molecule has 0 amide bonds. The molecule has 92 valence electrons. The van der Waals surface area contributed by atoms with Gasteiger partial charge in [0.1, 0.15) is 0 Å². The van der Waals surface area contributed by atoms with E-state index >= 15 is 0 Å². The highest BCUT2D eigenvalue weighted by Crippen LogP contribution is 2.18. The van der Waals surface area contributed by atoms with Crippen LogP contribution in [-0.2, 0) is 6.42 Å². The van der Waals surface area contributed by atoms with E-state index in [0.717, 1.165) is 35.8 Å². The Morgan fingerprint density at radius 2 is 2.41 bits per heavy atom. The number of hydrogen-bond donors (Lipinski definition) is 2. The van der Waals surface area contributed by atoms with Gasteiger partial charge in [0, 0.05) is 17.5 Å². The van der Waals surface area contributed by atoms with Gasteiger partial charge in [-0.05, 0) is 19.9 Å². The first-order chi connectivity index (χ1) is 8.29. The monoisotopic (exact) mass is 251 g/mol. The van der Waals surface area contributed by atoms with E-state index < -0.39 is 0 Å². The maximum absolute atomic E-state index is 4.49. The van der Waals surface area contributed by atoms with Crippen LogP contribution in [0, 0.1) is 6.92 Å². The van der Waals surface area contributed by atoms with Crippen molar-refractivity contribution in [1.82, 2.24) is 25.7 Å². The number of thiazole rings is 1. The van der Waals surface area contributed by atoms with Gasteiger partial charge < -0.3 is 5.32 Å². The van der Waals surface area contributed by atoms with Crippen molar-refractivity contribution < 1.29 is 0 Å². The normalized spacial score (nSPS) is 12.8. The standard InChI is InChI=1S/C11H17N5S/c1-3-4-12-9(10-6-13-16-15-10)5-11-14-8(2)7-17-11/h6-7,9,12H,3-5H2,1-2H3,(H,13,15,16). The molecule has 0 aliphatic heterocycles. The molecule has 2 aromatic heterocycles. The van der Waals surface area contributed by atoms with Crippen molar-refractivity contribution in [2.24, 2.45) is 0 Å². The number of aromatic nitrogens is 4. The van der Waals surface area contributed by atoms with Crippen molar-refractivity contribution in [3.8, 4) is 0 Å². The lowest BCUT2D eigenvalue weighted by molar-refractivity contribution is 0.516. The van der Waals surface area contributed by atoms with E-state index in [9.17, 15) is 0 Å². The number of nitrogens with one attached hydrogen (secondary N) is 2. The van der Waals surface area contributed by atoms with Crippen LogP contribution >= 0.6 is 11.3 Å². The summed E-state index contributed by atoms with van der Waals surface area (Å²) in [5, 5.41) is 17.4. The fraction of sp³-hybridized carbons (Fsp3) is 0.545. The summed E-state index contributed by atoms with van der Waals surface area (Å²) in [6.45, 7) is 5.15. The number of nitrogens with zero attached hydrogens (tertiary/aromatic N) is 3. The minimum atomic E-state index is 0.194. The molecule has 0 saturated carbocycles. The molecule has 0 fully saturated rings. The van der Waals surface area contributed by atoms with Gasteiger partial charge in [-0.1, -0.05) is 6.92 Å². The summed E-state index contributed by atoms with van der Waals surface area (Å²) in [5.41, 5.74) is 2.03. The number of aromatic amines is 1. The third-order valence-electron chi connectivity index (χ3n) is 2.48.